The first-order chi connectivity index (χ1) is 26.0. The molecule has 5 rings (SSSR count). The molecule has 0 spiro atoms. The zero-order valence-electron chi connectivity index (χ0n) is 31.5. The van der Waals surface area contributed by atoms with Gasteiger partial charge in [-0.3, -0.25) is 9.59 Å². The molecule has 3 atom stereocenters. The molecule has 2 heterocycles. The van der Waals surface area contributed by atoms with Crippen LogP contribution in [0.4, 0.5) is 0 Å². The molecule has 3 unspecified atom stereocenters. The summed E-state index contributed by atoms with van der Waals surface area (Å²) in [5.41, 5.74) is 3.79. The van der Waals surface area contributed by atoms with Crippen LogP contribution in [0.25, 0.3) is 22.5 Å². The number of nitrogens with one attached hydrogen (secondary N) is 2. The van der Waals surface area contributed by atoms with Crippen LogP contribution in [0.5, 0.6) is 5.75 Å². The summed E-state index contributed by atoms with van der Waals surface area (Å²) in [6.45, 7) is 9.15. The molecule has 2 amide bonds. The highest BCUT2D eigenvalue weighted by molar-refractivity contribution is 7.14. The van der Waals surface area contributed by atoms with E-state index >= 15 is 0 Å². The topological polar surface area (TPSA) is 131 Å². The van der Waals surface area contributed by atoms with Crippen LogP contribution in [-0.4, -0.2) is 51.9 Å². The van der Waals surface area contributed by atoms with E-state index in [0.717, 1.165) is 45.9 Å². The number of aliphatic hydroxyl groups is 1. The van der Waals surface area contributed by atoms with Crippen LogP contribution >= 0.6 is 11.3 Å². The van der Waals surface area contributed by atoms with E-state index in [9.17, 15) is 19.5 Å². The highest BCUT2D eigenvalue weighted by Gasteiger charge is 2.29. The fraction of sp³-hybridized carbons (Fsp3) is 0.341. The lowest BCUT2D eigenvalue weighted by atomic mass is 9.95. The zero-order valence-corrected chi connectivity index (χ0v) is 32.3. The third kappa shape index (κ3) is 11.2. The number of amides is 2. The number of aliphatic hydroxyl groups excluding tert-OH is 1. The number of nitrogens with zero attached hydrogens (tertiary/aromatic N) is 2. The Morgan fingerprint density at radius 3 is 2.11 bits per heavy atom. The van der Waals surface area contributed by atoms with Gasteiger partial charge in [-0.2, -0.15) is 0 Å². The molecular weight excluding hydrogens is 697 g/mol. The van der Waals surface area contributed by atoms with Gasteiger partial charge in [0.05, 0.1) is 11.5 Å². The molecule has 5 aromatic rings. The number of thiophene rings is 1. The molecule has 0 fully saturated rings. The summed E-state index contributed by atoms with van der Waals surface area (Å²) >= 11 is 1.37. The lowest BCUT2D eigenvalue weighted by Crippen LogP contribution is -2.52. The maximum Gasteiger partial charge on any atom is 0.262 e. The minimum Gasteiger partial charge on any atom is -0.494 e. The highest BCUT2D eigenvalue weighted by atomic mass is 32.1. The van der Waals surface area contributed by atoms with Crippen LogP contribution in [0.15, 0.2) is 103 Å². The fourth-order valence-electron chi connectivity index (χ4n) is 5.90. The summed E-state index contributed by atoms with van der Waals surface area (Å²) < 4.78 is 5.90. The summed E-state index contributed by atoms with van der Waals surface area (Å²) in [5.74, 6) is 0.410. The third-order valence-corrected chi connectivity index (χ3v) is 10.6. The average Bonchev–Trinajstić information content (AvgIpc) is 3.71. The third-order valence-electron chi connectivity index (χ3n) is 9.14. The first-order valence-corrected chi connectivity index (χ1v) is 19.4. The first-order valence-electron chi connectivity index (χ1n) is 18.6. The van der Waals surface area contributed by atoms with Gasteiger partial charge in [0.1, 0.15) is 30.2 Å². The van der Waals surface area contributed by atoms with Gasteiger partial charge in [0.15, 0.2) is 5.82 Å². The van der Waals surface area contributed by atoms with E-state index in [2.05, 4.69) is 48.3 Å². The number of rotatable bonds is 18. The van der Waals surface area contributed by atoms with Crippen molar-refractivity contribution in [2.45, 2.75) is 89.8 Å². The van der Waals surface area contributed by atoms with Crippen molar-refractivity contribution in [3.8, 4) is 28.3 Å². The van der Waals surface area contributed by atoms with E-state index < -0.39 is 30.0 Å². The second-order valence-corrected chi connectivity index (χ2v) is 15.5. The van der Waals surface area contributed by atoms with Crippen LogP contribution in [0.2, 0.25) is 0 Å². The van der Waals surface area contributed by atoms with Gasteiger partial charge in [0.25, 0.3) is 5.91 Å². The predicted octanol–water partition coefficient (Wildman–Crippen LogP) is 8.28. The molecule has 9 nitrogen and oxygen atoms in total. The fourth-order valence-corrected chi connectivity index (χ4v) is 6.87. The van der Waals surface area contributed by atoms with Crippen molar-refractivity contribution in [3.05, 3.63) is 124 Å². The Balaban J connectivity index is 1.26. The van der Waals surface area contributed by atoms with Crippen molar-refractivity contribution >= 4 is 29.4 Å². The van der Waals surface area contributed by atoms with E-state index in [0.29, 0.717) is 22.6 Å². The van der Waals surface area contributed by atoms with E-state index in [4.69, 9.17) is 4.74 Å². The largest absolute Gasteiger partial charge is 0.494 e. The van der Waals surface area contributed by atoms with Crippen molar-refractivity contribution in [1.82, 2.24) is 20.6 Å². The van der Waals surface area contributed by atoms with Crippen LogP contribution in [0.3, 0.4) is 0 Å². The van der Waals surface area contributed by atoms with Crippen molar-refractivity contribution in [3.63, 3.8) is 0 Å². The number of benzene rings is 3. The van der Waals surface area contributed by atoms with Crippen molar-refractivity contribution in [1.29, 1.82) is 0 Å². The maximum atomic E-state index is 13.7. The van der Waals surface area contributed by atoms with Crippen LogP contribution < -0.4 is 15.4 Å². The van der Waals surface area contributed by atoms with Crippen molar-refractivity contribution in [2.75, 3.05) is 6.61 Å². The van der Waals surface area contributed by atoms with E-state index in [1.165, 1.54) is 37.0 Å². The van der Waals surface area contributed by atoms with E-state index in [1.54, 1.807) is 48.8 Å². The summed E-state index contributed by atoms with van der Waals surface area (Å²) in [6.07, 6.45) is 8.96. The predicted molar refractivity (Wildman–Crippen MR) is 215 cm³/mol. The smallest absolute Gasteiger partial charge is 0.262 e. The molecule has 3 aromatic carbocycles. The minimum atomic E-state index is -1.26. The normalized spacial score (nSPS) is 13.1. The molecular formula is C44H50N4O5S. The van der Waals surface area contributed by atoms with E-state index in [-0.39, 0.29) is 11.8 Å². The number of aromatic nitrogens is 2. The van der Waals surface area contributed by atoms with Crippen LogP contribution in [0, 0.1) is 0 Å². The standard InChI is InChI=1S/C44H50N4O5S/c1-5-6-7-8-12-25-53-35-21-19-31(20-22-35)34-27-45-41(46-28-34)33-17-15-30(16-18-33)26-36(47-43(52)38-23-24-39(54-38)44(2,3)4)42(51)48-37(29-49)40(50)32-13-10-9-11-14-32/h9-11,13-24,27-29,36-37,40,50H,5-8,12,25-26H2,1-4H3,(H,47,52)(H,48,51). The number of ether oxygens (including phenoxy) is 1. The number of aldehydes is 1. The van der Waals surface area contributed by atoms with E-state index in [1.807, 2.05) is 54.6 Å². The molecule has 54 heavy (non-hydrogen) atoms. The molecule has 0 saturated carbocycles. The van der Waals surface area contributed by atoms with Gasteiger partial charge in [-0.25, -0.2) is 9.97 Å². The van der Waals surface area contributed by atoms with Gasteiger partial charge in [-0.05, 0) is 52.8 Å². The summed E-state index contributed by atoms with van der Waals surface area (Å²) in [7, 11) is 0. The van der Waals surface area contributed by atoms with Gasteiger partial charge in [-0.1, -0.05) is 120 Å². The molecule has 0 saturated heterocycles. The second kappa shape index (κ2) is 19.2. The Morgan fingerprint density at radius 1 is 0.815 bits per heavy atom. The lowest BCUT2D eigenvalue weighted by molar-refractivity contribution is -0.127. The van der Waals surface area contributed by atoms with Crippen LogP contribution in [0.1, 0.15) is 91.6 Å². The number of hydrogen-bond acceptors (Lipinski definition) is 8. The molecule has 0 aliphatic carbocycles. The Hall–Kier alpha value is -5.19. The Morgan fingerprint density at radius 2 is 1.48 bits per heavy atom. The second-order valence-electron chi connectivity index (χ2n) is 14.4. The minimum absolute atomic E-state index is 0.135. The summed E-state index contributed by atoms with van der Waals surface area (Å²) in [5, 5.41) is 16.4. The van der Waals surface area contributed by atoms with Gasteiger partial charge in [0, 0.05) is 34.8 Å². The molecule has 3 N–H and O–H groups in total. The van der Waals surface area contributed by atoms with Crippen LogP contribution in [-0.2, 0) is 21.4 Å². The van der Waals surface area contributed by atoms with Crippen molar-refractivity contribution in [2.24, 2.45) is 0 Å². The molecule has 2 aromatic heterocycles. The maximum absolute atomic E-state index is 13.7. The number of hydrogen-bond donors (Lipinski definition) is 3. The molecule has 0 aliphatic rings. The molecule has 282 valence electrons. The van der Waals surface area contributed by atoms with Gasteiger partial charge in [-0.15, -0.1) is 11.3 Å². The average molecular weight is 747 g/mol. The molecule has 0 radical (unpaired) electrons. The van der Waals surface area contributed by atoms with Gasteiger partial charge >= 0.3 is 0 Å². The number of unbranched alkanes of at least 4 members (excludes halogenated alkanes) is 4. The lowest BCUT2D eigenvalue weighted by Gasteiger charge is -2.24. The molecule has 0 bridgehead atoms. The zero-order chi connectivity index (χ0) is 38.5. The summed E-state index contributed by atoms with van der Waals surface area (Å²) in [6, 6.07) is 25.5. The molecule has 10 heteroatoms. The highest BCUT2D eigenvalue weighted by Crippen LogP contribution is 2.30. The SMILES string of the molecule is CCCCCCCOc1ccc(-c2cnc(-c3ccc(CC(NC(=O)c4ccc(C(C)(C)C)s4)C(=O)NC(C=O)C(O)c4ccccc4)cc3)nc2)cc1. The van der Waals surface area contributed by atoms with Gasteiger partial charge < -0.3 is 25.3 Å². The quantitative estimate of drug-likeness (QED) is 0.0608. The van der Waals surface area contributed by atoms with Crippen molar-refractivity contribution < 1.29 is 24.2 Å². The van der Waals surface area contributed by atoms with Gasteiger partial charge in [0.2, 0.25) is 5.91 Å². The molecule has 0 aliphatic heterocycles. The summed E-state index contributed by atoms with van der Waals surface area (Å²) in [4.78, 5) is 49.9. The first kappa shape index (κ1) is 40.0. The number of carbonyl (C=O) groups excluding carboxylic acids is 3. The Bertz CT molecular complexity index is 1940. The monoisotopic (exact) mass is 746 g/mol. The Kier molecular flexibility index (Phi) is 14.2. The Labute approximate surface area is 322 Å². The number of carbonyl (C=O) groups is 3.